The van der Waals surface area contributed by atoms with Crippen LogP contribution >= 0.6 is 0 Å². The lowest BCUT2D eigenvalue weighted by Gasteiger charge is -2.29. The first-order chi connectivity index (χ1) is 8.16. The van der Waals surface area contributed by atoms with E-state index in [1.165, 1.54) is 5.56 Å². The number of benzene rings is 1. The zero-order valence-electron chi connectivity index (χ0n) is 10.7. The number of hydrogen-bond acceptors (Lipinski definition) is 3. The molecule has 1 aliphatic rings. The Balaban J connectivity index is 2.11. The Kier molecular flexibility index (Phi) is 3.82. The molecule has 1 fully saturated rings. The predicted molar refractivity (Wildman–Crippen MR) is 70.1 cm³/mol. The van der Waals surface area contributed by atoms with Crippen molar-refractivity contribution in [2.24, 2.45) is 5.73 Å². The van der Waals surface area contributed by atoms with Gasteiger partial charge in [0.2, 0.25) is 0 Å². The molecule has 1 saturated heterocycles. The van der Waals surface area contributed by atoms with Crippen molar-refractivity contribution in [3.05, 3.63) is 35.9 Å². The van der Waals surface area contributed by atoms with E-state index in [2.05, 4.69) is 42.2 Å². The van der Waals surface area contributed by atoms with Crippen molar-refractivity contribution < 1.29 is 4.74 Å². The fourth-order valence-electron chi connectivity index (χ4n) is 2.64. The maximum atomic E-state index is 6.32. The van der Waals surface area contributed by atoms with Gasteiger partial charge in [-0.2, -0.15) is 0 Å². The maximum Gasteiger partial charge on any atom is 0.0589 e. The second-order valence-corrected chi connectivity index (χ2v) is 5.12. The molecule has 0 spiro atoms. The molecule has 1 aromatic carbocycles. The normalized spacial score (nSPS) is 29.7. The Morgan fingerprint density at radius 2 is 2.12 bits per heavy atom. The molecule has 0 unspecified atom stereocenters. The van der Waals surface area contributed by atoms with Gasteiger partial charge in [-0.25, -0.2) is 0 Å². The molecule has 0 bridgehead atoms. The topological polar surface area (TPSA) is 38.5 Å². The van der Waals surface area contributed by atoms with Crippen LogP contribution in [0.15, 0.2) is 30.3 Å². The predicted octanol–water partition coefficient (Wildman–Crippen LogP) is 1.23. The van der Waals surface area contributed by atoms with Crippen molar-refractivity contribution in [2.75, 3.05) is 33.4 Å². The highest BCUT2D eigenvalue weighted by atomic mass is 16.5. The van der Waals surface area contributed by atoms with Crippen molar-refractivity contribution in [1.82, 2.24) is 4.90 Å². The summed E-state index contributed by atoms with van der Waals surface area (Å²) in [4.78, 5) is 2.39. The second-order valence-electron chi connectivity index (χ2n) is 5.12. The Morgan fingerprint density at radius 1 is 1.41 bits per heavy atom. The molecule has 17 heavy (non-hydrogen) atoms. The second kappa shape index (κ2) is 5.17. The number of likely N-dealkylation sites (tertiary alicyclic amines) is 1. The molecule has 0 radical (unpaired) electrons. The highest BCUT2D eigenvalue weighted by Gasteiger charge is 2.41. The fourth-order valence-corrected chi connectivity index (χ4v) is 2.64. The maximum absolute atomic E-state index is 6.32. The number of nitrogens with zero attached hydrogens (tertiary/aromatic N) is 1. The summed E-state index contributed by atoms with van der Waals surface area (Å²) in [5.74, 6) is 0. The van der Waals surface area contributed by atoms with E-state index in [-0.39, 0.29) is 11.5 Å². The van der Waals surface area contributed by atoms with Crippen LogP contribution in [0.2, 0.25) is 0 Å². The van der Waals surface area contributed by atoms with Crippen LogP contribution in [0.25, 0.3) is 0 Å². The first-order valence-corrected chi connectivity index (χ1v) is 6.19. The van der Waals surface area contributed by atoms with Crippen LogP contribution in [0.5, 0.6) is 0 Å². The van der Waals surface area contributed by atoms with E-state index in [1.807, 2.05) is 0 Å². The average molecular weight is 234 g/mol. The third-order valence-electron chi connectivity index (χ3n) is 3.87. The Hall–Kier alpha value is -0.900. The zero-order valence-corrected chi connectivity index (χ0v) is 10.7. The Morgan fingerprint density at radius 3 is 2.76 bits per heavy atom. The molecule has 94 valence electrons. The van der Waals surface area contributed by atoms with Gasteiger partial charge in [0.05, 0.1) is 6.61 Å². The molecule has 0 aromatic heterocycles. The lowest BCUT2D eigenvalue weighted by molar-refractivity contribution is 0.158. The molecule has 0 saturated carbocycles. The van der Waals surface area contributed by atoms with Gasteiger partial charge in [0.25, 0.3) is 0 Å². The molecule has 0 aliphatic carbocycles. The fraction of sp³-hybridized carbons (Fsp3) is 0.571. The first-order valence-electron chi connectivity index (χ1n) is 6.19. The summed E-state index contributed by atoms with van der Waals surface area (Å²) in [6, 6.07) is 10.8. The Bertz CT molecular complexity index is 354. The summed E-state index contributed by atoms with van der Waals surface area (Å²) in [6.45, 7) is 5.97. The largest absolute Gasteiger partial charge is 0.383 e. The van der Waals surface area contributed by atoms with Crippen molar-refractivity contribution in [3.63, 3.8) is 0 Å². The minimum Gasteiger partial charge on any atom is -0.383 e. The number of nitrogens with two attached hydrogens (primary N) is 1. The van der Waals surface area contributed by atoms with E-state index < -0.39 is 0 Å². The van der Waals surface area contributed by atoms with E-state index in [9.17, 15) is 0 Å². The third kappa shape index (κ3) is 2.51. The molecular weight excluding hydrogens is 212 g/mol. The van der Waals surface area contributed by atoms with Crippen LogP contribution in [-0.4, -0.2) is 44.3 Å². The van der Waals surface area contributed by atoms with E-state index in [1.54, 1.807) is 7.11 Å². The molecule has 3 nitrogen and oxygen atoms in total. The minimum atomic E-state index is 0.0645. The van der Waals surface area contributed by atoms with Crippen molar-refractivity contribution in [1.29, 1.82) is 0 Å². The molecule has 1 aromatic rings. The van der Waals surface area contributed by atoms with Gasteiger partial charge in [-0.1, -0.05) is 37.3 Å². The van der Waals surface area contributed by atoms with Gasteiger partial charge in [-0.15, -0.1) is 0 Å². The number of methoxy groups -OCH3 is 1. The summed E-state index contributed by atoms with van der Waals surface area (Å²) in [7, 11) is 1.74. The molecule has 2 atom stereocenters. The van der Waals surface area contributed by atoms with E-state index >= 15 is 0 Å². The molecular formula is C14H22N2O. The smallest absolute Gasteiger partial charge is 0.0589 e. The SMILES string of the molecule is COCCN1C[C@@H](N)[C@](C)(c2ccccc2)C1. The van der Waals surface area contributed by atoms with Gasteiger partial charge in [-0.05, 0) is 5.56 Å². The highest BCUT2D eigenvalue weighted by molar-refractivity contribution is 5.29. The third-order valence-corrected chi connectivity index (χ3v) is 3.87. The summed E-state index contributed by atoms with van der Waals surface area (Å²) in [6.07, 6.45) is 0. The first kappa shape index (κ1) is 12.6. The van der Waals surface area contributed by atoms with Crippen LogP contribution in [0.3, 0.4) is 0 Å². The van der Waals surface area contributed by atoms with E-state index in [0.29, 0.717) is 0 Å². The molecule has 0 amide bonds. The van der Waals surface area contributed by atoms with Gasteiger partial charge in [-0.3, -0.25) is 4.90 Å². The lowest BCUT2D eigenvalue weighted by Crippen LogP contribution is -2.41. The lowest BCUT2D eigenvalue weighted by atomic mass is 9.79. The molecule has 3 heteroatoms. The summed E-state index contributed by atoms with van der Waals surface area (Å²) in [5, 5.41) is 0. The molecule has 1 heterocycles. The van der Waals surface area contributed by atoms with Crippen LogP contribution < -0.4 is 5.73 Å². The Labute approximate surface area is 104 Å². The van der Waals surface area contributed by atoms with Crippen LogP contribution in [0.4, 0.5) is 0 Å². The standard InChI is InChI=1S/C14H22N2O/c1-14(12-6-4-3-5-7-12)11-16(8-9-17-2)10-13(14)15/h3-7,13H,8-11,15H2,1-2H3/t13-,14+/m1/s1. The molecule has 2 N–H and O–H groups in total. The van der Waals surface area contributed by atoms with Crippen molar-refractivity contribution >= 4 is 0 Å². The average Bonchev–Trinajstić information content (AvgIpc) is 2.65. The van der Waals surface area contributed by atoms with Crippen LogP contribution in [-0.2, 0) is 10.2 Å². The van der Waals surface area contributed by atoms with Gasteiger partial charge in [0, 0.05) is 38.2 Å². The van der Waals surface area contributed by atoms with Crippen LogP contribution in [0, 0.1) is 0 Å². The molecule has 2 rings (SSSR count). The summed E-state index contributed by atoms with van der Waals surface area (Å²) >= 11 is 0. The van der Waals surface area contributed by atoms with Crippen LogP contribution in [0.1, 0.15) is 12.5 Å². The summed E-state index contributed by atoms with van der Waals surface area (Å²) < 4.78 is 5.13. The quantitative estimate of drug-likeness (QED) is 0.851. The van der Waals surface area contributed by atoms with E-state index in [4.69, 9.17) is 10.5 Å². The zero-order chi connectivity index (χ0) is 12.3. The van der Waals surface area contributed by atoms with Crippen molar-refractivity contribution in [3.8, 4) is 0 Å². The van der Waals surface area contributed by atoms with Gasteiger partial charge < -0.3 is 10.5 Å². The number of hydrogen-bond donors (Lipinski definition) is 1. The monoisotopic (exact) mass is 234 g/mol. The van der Waals surface area contributed by atoms with Gasteiger partial charge in [0.15, 0.2) is 0 Å². The van der Waals surface area contributed by atoms with E-state index in [0.717, 1.165) is 26.2 Å². The van der Waals surface area contributed by atoms with Crippen molar-refractivity contribution in [2.45, 2.75) is 18.4 Å². The summed E-state index contributed by atoms with van der Waals surface area (Å²) in [5.41, 5.74) is 7.73. The minimum absolute atomic E-state index is 0.0645. The number of rotatable bonds is 4. The molecule has 1 aliphatic heterocycles. The highest BCUT2D eigenvalue weighted by Crippen LogP contribution is 2.32. The number of ether oxygens (including phenoxy) is 1. The van der Waals surface area contributed by atoms with Gasteiger partial charge >= 0.3 is 0 Å². The van der Waals surface area contributed by atoms with Gasteiger partial charge in [0.1, 0.15) is 0 Å².